The van der Waals surface area contributed by atoms with Gasteiger partial charge in [-0.1, -0.05) is 11.6 Å². The van der Waals surface area contributed by atoms with Crippen LogP contribution in [-0.4, -0.2) is 12.1 Å². The van der Waals surface area contributed by atoms with Crippen LogP contribution in [0.5, 0.6) is 5.75 Å². The summed E-state index contributed by atoms with van der Waals surface area (Å²) in [6.45, 7) is 2.13. The zero-order valence-electron chi connectivity index (χ0n) is 9.63. The first-order chi connectivity index (χ1) is 8.08. The lowest BCUT2D eigenvalue weighted by Crippen LogP contribution is -2.16. The number of aromatic nitrogens is 1. The van der Waals surface area contributed by atoms with E-state index >= 15 is 0 Å². The molecule has 0 atom stereocenters. The third-order valence-corrected chi connectivity index (χ3v) is 3.03. The summed E-state index contributed by atoms with van der Waals surface area (Å²) in [6, 6.07) is 3.59. The first-order valence-corrected chi connectivity index (χ1v) is 5.55. The van der Waals surface area contributed by atoms with Crippen LogP contribution in [0, 0.1) is 6.92 Å². The molecule has 2 rings (SSSR count). The van der Waals surface area contributed by atoms with E-state index in [1.54, 1.807) is 12.1 Å². The molecule has 0 bridgehead atoms. The van der Waals surface area contributed by atoms with Gasteiger partial charge in [0.15, 0.2) is 5.75 Å². The zero-order chi connectivity index (χ0) is 12.6. The Balaban J connectivity index is 2.94. The van der Waals surface area contributed by atoms with E-state index in [2.05, 4.69) is 4.98 Å². The van der Waals surface area contributed by atoms with E-state index in [4.69, 9.17) is 22.1 Å². The van der Waals surface area contributed by atoms with E-state index in [9.17, 15) is 4.79 Å². The quantitative estimate of drug-likeness (QED) is 0.859. The second-order valence-corrected chi connectivity index (χ2v) is 4.23. The number of H-pyrrole nitrogens is 1. The lowest BCUT2D eigenvalue weighted by atomic mass is 10.1. The van der Waals surface area contributed by atoms with Crippen molar-refractivity contribution in [2.24, 2.45) is 5.73 Å². The van der Waals surface area contributed by atoms with E-state index in [0.29, 0.717) is 21.9 Å². The van der Waals surface area contributed by atoms with Gasteiger partial charge in [0.2, 0.25) is 0 Å². The van der Waals surface area contributed by atoms with Crippen molar-refractivity contribution in [3.8, 4) is 5.75 Å². The van der Waals surface area contributed by atoms with Crippen molar-refractivity contribution in [3.63, 3.8) is 0 Å². The predicted molar refractivity (Wildman–Crippen MR) is 68.8 cm³/mol. The van der Waals surface area contributed by atoms with E-state index in [1.807, 2.05) is 6.92 Å². The predicted octanol–water partition coefficient (Wildman–Crippen LogP) is 1.96. The minimum absolute atomic E-state index is 0.204. The summed E-state index contributed by atoms with van der Waals surface area (Å²) in [6.07, 6.45) is 0. The Morgan fingerprint density at radius 3 is 2.76 bits per heavy atom. The molecule has 90 valence electrons. The van der Waals surface area contributed by atoms with Crippen molar-refractivity contribution in [2.45, 2.75) is 13.5 Å². The average molecular weight is 253 g/mol. The zero-order valence-corrected chi connectivity index (χ0v) is 10.4. The maximum absolute atomic E-state index is 11.7. The standard InChI is InChI=1S/C12H13ClN2O2/c1-6-3-9(13)11(17-2)10-8(6)4-7(5-14)12(16)15-10/h3-4H,5,14H2,1-2H3,(H,15,16). The number of aromatic amines is 1. The highest BCUT2D eigenvalue weighted by Gasteiger charge is 2.12. The molecule has 0 fully saturated rings. The van der Waals surface area contributed by atoms with Crippen molar-refractivity contribution in [1.29, 1.82) is 0 Å². The Labute approximate surface area is 103 Å². The van der Waals surface area contributed by atoms with Gasteiger partial charge in [0, 0.05) is 17.5 Å². The summed E-state index contributed by atoms with van der Waals surface area (Å²) < 4.78 is 5.21. The molecule has 17 heavy (non-hydrogen) atoms. The Hall–Kier alpha value is -1.52. The molecule has 1 aromatic carbocycles. The first kappa shape index (κ1) is 12.0. The van der Waals surface area contributed by atoms with Gasteiger partial charge in [-0.15, -0.1) is 0 Å². The van der Waals surface area contributed by atoms with Crippen molar-refractivity contribution in [1.82, 2.24) is 4.98 Å². The molecule has 5 heteroatoms. The highest BCUT2D eigenvalue weighted by molar-refractivity contribution is 6.33. The number of aryl methyl sites for hydroxylation is 1. The molecular weight excluding hydrogens is 240 g/mol. The average Bonchev–Trinajstić information content (AvgIpc) is 2.29. The molecule has 1 aromatic heterocycles. The minimum atomic E-state index is -0.208. The number of benzene rings is 1. The van der Waals surface area contributed by atoms with Crippen LogP contribution in [-0.2, 0) is 6.54 Å². The third kappa shape index (κ3) is 1.90. The monoisotopic (exact) mass is 252 g/mol. The molecule has 0 aliphatic heterocycles. The maximum atomic E-state index is 11.7. The summed E-state index contributed by atoms with van der Waals surface area (Å²) in [5.74, 6) is 0.480. The first-order valence-electron chi connectivity index (χ1n) is 5.17. The van der Waals surface area contributed by atoms with Gasteiger partial charge in [-0.05, 0) is 24.6 Å². The molecule has 0 radical (unpaired) electrons. The van der Waals surface area contributed by atoms with Gasteiger partial charge in [-0.2, -0.15) is 0 Å². The fraction of sp³-hybridized carbons (Fsp3) is 0.250. The van der Waals surface area contributed by atoms with Crippen LogP contribution in [0.2, 0.25) is 5.02 Å². The number of hydrogen-bond donors (Lipinski definition) is 2. The Morgan fingerprint density at radius 2 is 2.18 bits per heavy atom. The lowest BCUT2D eigenvalue weighted by Gasteiger charge is -2.10. The summed E-state index contributed by atoms with van der Waals surface area (Å²) in [4.78, 5) is 14.5. The highest BCUT2D eigenvalue weighted by Crippen LogP contribution is 2.33. The molecule has 0 saturated heterocycles. The van der Waals surface area contributed by atoms with Crippen molar-refractivity contribution < 1.29 is 4.74 Å². The lowest BCUT2D eigenvalue weighted by molar-refractivity contribution is 0.419. The fourth-order valence-corrected chi connectivity index (χ4v) is 2.20. The smallest absolute Gasteiger partial charge is 0.253 e. The Kier molecular flexibility index (Phi) is 3.09. The number of halogens is 1. The van der Waals surface area contributed by atoms with Crippen molar-refractivity contribution in [2.75, 3.05) is 7.11 Å². The van der Waals surface area contributed by atoms with Crippen LogP contribution in [0.3, 0.4) is 0 Å². The van der Waals surface area contributed by atoms with Gasteiger partial charge in [0.25, 0.3) is 5.56 Å². The molecule has 0 saturated carbocycles. The maximum Gasteiger partial charge on any atom is 0.253 e. The number of hydrogen-bond acceptors (Lipinski definition) is 3. The third-order valence-electron chi connectivity index (χ3n) is 2.75. The number of rotatable bonds is 2. The Bertz CT molecular complexity index is 634. The number of ether oxygens (including phenoxy) is 1. The summed E-state index contributed by atoms with van der Waals surface area (Å²) >= 11 is 6.06. The van der Waals surface area contributed by atoms with Crippen LogP contribution in [0.1, 0.15) is 11.1 Å². The molecule has 0 amide bonds. The second kappa shape index (κ2) is 4.39. The SMILES string of the molecule is COc1c(Cl)cc(C)c2cc(CN)c(=O)[nH]c12. The van der Waals surface area contributed by atoms with Crippen LogP contribution >= 0.6 is 11.6 Å². The topological polar surface area (TPSA) is 68.1 Å². The van der Waals surface area contributed by atoms with Gasteiger partial charge in [0.05, 0.1) is 17.6 Å². The molecule has 4 nitrogen and oxygen atoms in total. The number of methoxy groups -OCH3 is 1. The van der Waals surface area contributed by atoms with Gasteiger partial charge in [-0.25, -0.2) is 0 Å². The second-order valence-electron chi connectivity index (χ2n) is 3.83. The Morgan fingerprint density at radius 1 is 1.47 bits per heavy atom. The molecular formula is C12H13ClN2O2. The largest absolute Gasteiger partial charge is 0.493 e. The summed E-state index contributed by atoms with van der Waals surface area (Å²) in [7, 11) is 1.52. The van der Waals surface area contributed by atoms with E-state index in [-0.39, 0.29) is 12.1 Å². The van der Waals surface area contributed by atoms with E-state index in [1.165, 1.54) is 7.11 Å². The molecule has 0 unspecified atom stereocenters. The number of nitrogens with one attached hydrogen (secondary N) is 1. The summed E-state index contributed by atoms with van der Waals surface area (Å²) in [5.41, 5.74) is 7.43. The van der Waals surface area contributed by atoms with Crippen molar-refractivity contribution >= 4 is 22.5 Å². The van der Waals surface area contributed by atoms with Crippen LogP contribution < -0.4 is 16.0 Å². The molecule has 0 spiro atoms. The minimum Gasteiger partial charge on any atom is -0.493 e. The summed E-state index contributed by atoms with van der Waals surface area (Å²) in [5, 5.41) is 1.37. The van der Waals surface area contributed by atoms with Gasteiger partial charge < -0.3 is 15.5 Å². The van der Waals surface area contributed by atoms with E-state index < -0.39 is 0 Å². The molecule has 2 aromatic rings. The fourth-order valence-electron chi connectivity index (χ4n) is 1.87. The number of pyridine rings is 1. The van der Waals surface area contributed by atoms with Gasteiger partial charge in [0.1, 0.15) is 0 Å². The van der Waals surface area contributed by atoms with Crippen LogP contribution in [0.4, 0.5) is 0 Å². The van der Waals surface area contributed by atoms with Gasteiger partial charge >= 0.3 is 0 Å². The van der Waals surface area contributed by atoms with Gasteiger partial charge in [-0.3, -0.25) is 4.79 Å². The normalized spacial score (nSPS) is 10.8. The number of fused-ring (bicyclic) bond motifs is 1. The van der Waals surface area contributed by atoms with E-state index in [0.717, 1.165) is 10.9 Å². The molecule has 0 aliphatic carbocycles. The molecule has 3 N–H and O–H groups in total. The number of nitrogens with two attached hydrogens (primary N) is 1. The molecule has 1 heterocycles. The van der Waals surface area contributed by atoms with Crippen LogP contribution in [0.15, 0.2) is 16.9 Å². The molecule has 0 aliphatic rings. The van der Waals surface area contributed by atoms with Crippen LogP contribution in [0.25, 0.3) is 10.9 Å². The highest BCUT2D eigenvalue weighted by atomic mass is 35.5. The van der Waals surface area contributed by atoms with Crippen molar-refractivity contribution in [3.05, 3.63) is 38.6 Å².